The Balaban J connectivity index is 1.94. The number of hydrogen-bond acceptors (Lipinski definition) is 2. The van der Waals surface area contributed by atoms with Crippen molar-refractivity contribution in [3.63, 3.8) is 0 Å². The zero-order chi connectivity index (χ0) is 13.8. The molecule has 1 aromatic rings. The van der Waals surface area contributed by atoms with E-state index in [9.17, 15) is 0 Å². The first-order valence-corrected chi connectivity index (χ1v) is 7.71. The monoisotopic (exact) mass is 263 g/mol. The van der Waals surface area contributed by atoms with Gasteiger partial charge < -0.3 is 10.1 Å². The predicted molar refractivity (Wildman–Crippen MR) is 82.6 cm³/mol. The second kappa shape index (κ2) is 11.0. The van der Waals surface area contributed by atoms with E-state index >= 15 is 0 Å². The van der Waals surface area contributed by atoms with E-state index < -0.39 is 0 Å². The van der Waals surface area contributed by atoms with Crippen LogP contribution in [0.1, 0.15) is 45.1 Å². The summed E-state index contributed by atoms with van der Waals surface area (Å²) in [6, 6.07) is 11.3. The van der Waals surface area contributed by atoms with Crippen LogP contribution < -0.4 is 5.32 Å². The number of nitrogens with one attached hydrogen (secondary N) is 1. The van der Waals surface area contributed by atoms with Crippen LogP contribution in [0.5, 0.6) is 0 Å². The van der Waals surface area contributed by atoms with E-state index in [1.165, 1.54) is 18.4 Å². The molecule has 108 valence electrons. The van der Waals surface area contributed by atoms with Gasteiger partial charge in [0, 0.05) is 19.3 Å². The van der Waals surface area contributed by atoms with Crippen molar-refractivity contribution in [1.29, 1.82) is 0 Å². The van der Waals surface area contributed by atoms with Crippen molar-refractivity contribution in [2.45, 2.75) is 52.0 Å². The van der Waals surface area contributed by atoms with Gasteiger partial charge in [0.05, 0.1) is 0 Å². The fourth-order valence-electron chi connectivity index (χ4n) is 2.30. The van der Waals surface area contributed by atoms with Gasteiger partial charge >= 0.3 is 0 Å². The van der Waals surface area contributed by atoms with Gasteiger partial charge in [0.25, 0.3) is 0 Å². The largest absolute Gasteiger partial charge is 0.381 e. The van der Waals surface area contributed by atoms with Crippen LogP contribution in [0, 0.1) is 0 Å². The topological polar surface area (TPSA) is 21.3 Å². The summed E-state index contributed by atoms with van der Waals surface area (Å²) in [7, 11) is 0. The number of benzene rings is 1. The quantitative estimate of drug-likeness (QED) is 0.613. The van der Waals surface area contributed by atoms with Crippen LogP contribution in [0.25, 0.3) is 0 Å². The third kappa shape index (κ3) is 8.02. The van der Waals surface area contributed by atoms with Crippen molar-refractivity contribution in [2.24, 2.45) is 0 Å². The molecule has 0 heterocycles. The summed E-state index contributed by atoms with van der Waals surface area (Å²) in [6.45, 7) is 7.26. The molecule has 0 spiro atoms. The van der Waals surface area contributed by atoms with Crippen molar-refractivity contribution < 1.29 is 4.74 Å². The van der Waals surface area contributed by atoms with E-state index in [1.54, 1.807) is 0 Å². The molecule has 0 radical (unpaired) electrons. The molecule has 0 aromatic heterocycles. The highest BCUT2D eigenvalue weighted by Crippen LogP contribution is 2.04. The van der Waals surface area contributed by atoms with Gasteiger partial charge in [-0.25, -0.2) is 0 Å². The summed E-state index contributed by atoms with van der Waals surface area (Å²) in [5.74, 6) is 0. The lowest BCUT2D eigenvalue weighted by Crippen LogP contribution is -2.28. The third-order valence-electron chi connectivity index (χ3n) is 3.42. The lowest BCUT2D eigenvalue weighted by molar-refractivity contribution is 0.126. The van der Waals surface area contributed by atoms with E-state index in [0.717, 1.165) is 39.0 Å². The molecule has 1 unspecified atom stereocenters. The molecule has 1 N–H and O–H groups in total. The fraction of sp³-hybridized carbons (Fsp3) is 0.647. The minimum atomic E-state index is 0.665. The summed E-state index contributed by atoms with van der Waals surface area (Å²) in [4.78, 5) is 0. The molecule has 2 heteroatoms. The maximum atomic E-state index is 5.70. The minimum Gasteiger partial charge on any atom is -0.381 e. The average molecular weight is 263 g/mol. The summed E-state index contributed by atoms with van der Waals surface area (Å²) < 4.78 is 5.70. The van der Waals surface area contributed by atoms with Crippen LogP contribution in [0.15, 0.2) is 30.3 Å². The van der Waals surface area contributed by atoms with Crippen molar-refractivity contribution in [3.05, 3.63) is 35.9 Å². The van der Waals surface area contributed by atoms with Gasteiger partial charge in [-0.2, -0.15) is 0 Å². The Hall–Kier alpha value is -0.860. The molecule has 0 fully saturated rings. The minimum absolute atomic E-state index is 0.665. The van der Waals surface area contributed by atoms with Crippen LogP contribution in [-0.2, 0) is 11.2 Å². The first-order valence-electron chi connectivity index (χ1n) is 7.71. The van der Waals surface area contributed by atoms with Gasteiger partial charge in [-0.3, -0.25) is 0 Å². The molecular weight excluding hydrogens is 234 g/mol. The Labute approximate surface area is 118 Å². The second-order valence-electron chi connectivity index (χ2n) is 5.01. The molecule has 2 nitrogen and oxygen atoms in total. The molecule has 0 aliphatic heterocycles. The van der Waals surface area contributed by atoms with E-state index in [4.69, 9.17) is 4.74 Å². The first kappa shape index (κ1) is 16.2. The normalized spacial score (nSPS) is 12.5. The van der Waals surface area contributed by atoms with E-state index in [2.05, 4.69) is 49.5 Å². The standard InChI is InChI=1S/C17H29NO/c1-3-17(18-4-2)13-9-15-19-14-8-12-16-10-6-5-7-11-16/h5-7,10-11,17-18H,3-4,8-9,12-15H2,1-2H3. The van der Waals surface area contributed by atoms with E-state index in [-0.39, 0.29) is 0 Å². The Morgan fingerprint density at radius 3 is 2.47 bits per heavy atom. The highest BCUT2D eigenvalue weighted by molar-refractivity contribution is 5.14. The van der Waals surface area contributed by atoms with Gasteiger partial charge in [-0.15, -0.1) is 0 Å². The van der Waals surface area contributed by atoms with Gasteiger partial charge in [0.15, 0.2) is 0 Å². The van der Waals surface area contributed by atoms with Crippen molar-refractivity contribution in [2.75, 3.05) is 19.8 Å². The number of aryl methyl sites for hydroxylation is 1. The van der Waals surface area contributed by atoms with Crippen LogP contribution in [0.4, 0.5) is 0 Å². The first-order chi connectivity index (χ1) is 9.36. The highest BCUT2D eigenvalue weighted by atomic mass is 16.5. The summed E-state index contributed by atoms with van der Waals surface area (Å²) >= 11 is 0. The molecule has 1 aromatic carbocycles. The van der Waals surface area contributed by atoms with Gasteiger partial charge in [-0.1, -0.05) is 44.2 Å². The molecular formula is C17H29NO. The van der Waals surface area contributed by atoms with E-state index in [0.29, 0.717) is 6.04 Å². The molecule has 0 amide bonds. The molecule has 0 bridgehead atoms. The molecule has 0 saturated heterocycles. The maximum absolute atomic E-state index is 5.70. The maximum Gasteiger partial charge on any atom is 0.0469 e. The van der Waals surface area contributed by atoms with Crippen LogP contribution >= 0.6 is 0 Å². The number of ether oxygens (including phenoxy) is 1. The summed E-state index contributed by atoms with van der Waals surface area (Å²) in [6.07, 6.45) is 5.84. The molecule has 0 aliphatic carbocycles. The highest BCUT2D eigenvalue weighted by Gasteiger charge is 2.03. The van der Waals surface area contributed by atoms with Gasteiger partial charge in [0.1, 0.15) is 0 Å². The van der Waals surface area contributed by atoms with Gasteiger partial charge in [-0.05, 0) is 44.2 Å². The molecule has 0 aliphatic rings. The Morgan fingerprint density at radius 1 is 1.05 bits per heavy atom. The van der Waals surface area contributed by atoms with Crippen LogP contribution in [0.3, 0.4) is 0 Å². The zero-order valence-electron chi connectivity index (χ0n) is 12.5. The Kier molecular flexibility index (Phi) is 9.38. The summed E-state index contributed by atoms with van der Waals surface area (Å²) in [5.41, 5.74) is 1.41. The smallest absolute Gasteiger partial charge is 0.0469 e. The van der Waals surface area contributed by atoms with Crippen molar-refractivity contribution in [1.82, 2.24) is 5.32 Å². The Morgan fingerprint density at radius 2 is 1.79 bits per heavy atom. The van der Waals surface area contributed by atoms with Crippen LogP contribution in [-0.4, -0.2) is 25.8 Å². The molecule has 0 saturated carbocycles. The Bertz CT molecular complexity index is 299. The molecule has 1 atom stereocenters. The lowest BCUT2D eigenvalue weighted by atomic mass is 10.1. The van der Waals surface area contributed by atoms with E-state index in [1.807, 2.05) is 0 Å². The molecule has 1 rings (SSSR count). The second-order valence-corrected chi connectivity index (χ2v) is 5.01. The zero-order valence-corrected chi connectivity index (χ0v) is 12.5. The number of rotatable bonds is 11. The molecule has 19 heavy (non-hydrogen) atoms. The van der Waals surface area contributed by atoms with Gasteiger partial charge in [0.2, 0.25) is 0 Å². The van der Waals surface area contributed by atoms with Crippen molar-refractivity contribution in [3.8, 4) is 0 Å². The lowest BCUT2D eigenvalue weighted by Gasteiger charge is -2.15. The predicted octanol–water partition coefficient (Wildman–Crippen LogP) is 3.80. The fourth-order valence-corrected chi connectivity index (χ4v) is 2.30. The average Bonchev–Trinajstić information content (AvgIpc) is 2.46. The SMILES string of the molecule is CCNC(CC)CCCOCCCc1ccccc1. The van der Waals surface area contributed by atoms with Crippen molar-refractivity contribution >= 4 is 0 Å². The van der Waals surface area contributed by atoms with Crippen LogP contribution in [0.2, 0.25) is 0 Å². The summed E-state index contributed by atoms with van der Waals surface area (Å²) in [5, 5.41) is 3.50. The number of hydrogen-bond donors (Lipinski definition) is 1. The third-order valence-corrected chi connectivity index (χ3v) is 3.42.